The topological polar surface area (TPSA) is 99.1 Å². The highest BCUT2D eigenvalue weighted by Crippen LogP contribution is 2.16. The second-order valence-electron chi connectivity index (χ2n) is 5.62. The van der Waals surface area contributed by atoms with E-state index in [9.17, 15) is 9.59 Å². The van der Waals surface area contributed by atoms with Crippen LogP contribution < -0.4 is 16.7 Å². The minimum absolute atomic E-state index is 0.334. The van der Waals surface area contributed by atoms with Crippen LogP contribution >= 0.6 is 0 Å². The summed E-state index contributed by atoms with van der Waals surface area (Å²) in [4.78, 5) is 33.0. The Morgan fingerprint density at radius 2 is 2.08 bits per heavy atom. The van der Waals surface area contributed by atoms with E-state index in [4.69, 9.17) is 0 Å². The van der Waals surface area contributed by atoms with Crippen molar-refractivity contribution in [3.8, 4) is 0 Å². The van der Waals surface area contributed by atoms with Crippen LogP contribution in [-0.4, -0.2) is 29.9 Å². The molecule has 0 unspecified atom stereocenters. The molecule has 0 aliphatic carbocycles. The molecule has 3 heterocycles. The first kappa shape index (κ1) is 16.6. The molecule has 3 rings (SSSR count). The zero-order valence-electron chi connectivity index (χ0n) is 14.3. The van der Waals surface area contributed by atoms with Crippen LogP contribution in [0.2, 0.25) is 0 Å². The van der Waals surface area contributed by atoms with E-state index in [0.717, 1.165) is 16.6 Å². The second-order valence-corrected chi connectivity index (χ2v) is 5.62. The Labute approximate surface area is 143 Å². The summed E-state index contributed by atoms with van der Waals surface area (Å²) in [7, 11) is 3.05. The maximum Gasteiger partial charge on any atom is 0.332 e. The molecule has 0 aliphatic heterocycles. The monoisotopic (exact) mass is 341 g/mol. The van der Waals surface area contributed by atoms with E-state index < -0.39 is 5.69 Å². The fraction of sp³-hybridized carbons (Fsp3) is 0.312. The summed E-state index contributed by atoms with van der Waals surface area (Å²) in [5.41, 5.74) is 3.62. The van der Waals surface area contributed by atoms with Gasteiger partial charge in [-0.15, -0.1) is 0 Å². The second kappa shape index (κ2) is 6.71. The van der Waals surface area contributed by atoms with E-state index in [-0.39, 0.29) is 5.56 Å². The highest BCUT2D eigenvalue weighted by molar-refractivity contribution is 5.80. The molecule has 25 heavy (non-hydrogen) atoms. The van der Waals surface area contributed by atoms with Gasteiger partial charge in [-0.25, -0.2) is 10.2 Å². The fourth-order valence-electron chi connectivity index (χ4n) is 2.59. The van der Waals surface area contributed by atoms with Crippen LogP contribution in [0.1, 0.15) is 18.9 Å². The van der Waals surface area contributed by atoms with E-state index in [1.165, 1.54) is 11.6 Å². The van der Waals surface area contributed by atoms with Crippen LogP contribution in [0.5, 0.6) is 0 Å². The molecular formula is C16H19N7O2. The van der Waals surface area contributed by atoms with Crippen molar-refractivity contribution >= 4 is 23.3 Å². The van der Waals surface area contributed by atoms with Gasteiger partial charge in [0.1, 0.15) is 0 Å². The molecule has 3 aromatic rings. The maximum absolute atomic E-state index is 12.5. The van der Waals surface area contributed by atoms with Gasteiger partial charge in [0.25, 0.3) is 5.56 Å². The molecule has 0 aliphatic rings. The van der Waals surface area contributed by atoms with Gasteiger partial charge in [-0.3, -0.25) is 18.9 Å². The third-order valence-corrected chi connectivity index (χ3v) is 3.86. The number of nitrogens with zero attached hydrogens (tertiary/aromatic N) is 6. The molecule has 0 bridgehead atoms. The van der Waals surface area contributed by atoms with Gasteiger partial charge in [0.15, 0.2) is 11.2 Å². The lowest BCUT2D eigenvalue weighted by Crippen LogP contribution is -2.37. The van der Waals surface area contributed by atoms with Crippen molar-refractivity contribution in [1.82, 2.24) is 23.7 Å². The molecule has 0 spiro atoms. The minimum atomic E-state index is -0.413. The molecule has 0 saturated heterocycles. The van der Waals surface area contributed by atoms with E-state index in [1.54, 1.807) is 30.2 Å². The first-order chi connectivity index (χ1) is 12.0. The average Bonchev–Trinajstić information content (AvgIpc) is 2.98. The largest absolute Gasteiger partial charge is 0.332 e. The molecule has 130 valence electrons. The number of anilines is 1. The van der Waals surface area contributed by atoms with E-state index >= 15 is 0 Å². The summed E-state index contributed by atoms with van der Waals surface area (Å²) in [6, 6.07) is 3.68. The standard InChI is InChI=1S/C16H19N7O2/c1-4-8-23-12-13(21(2)16(25)22(3)14(12)24)19-15(23)20-18-10-11-6-5-7-17-9-11/h5-7,9-10H,4,8H2,1-3H3,(H,19,20). The van der Waals surface area contributed by atoms with Gasteiger partial charge in [-0.2, -0.15) is 10.1 Å². The third kappa shape index (κ3) is 2.95. The number of hydrogen-bond acceptors (Lipinski definition) is 6. The van der Waals surface area contributed by atoms with Crippen molar-refractivity contribution in [2.75, 3.05) is 5.43 Å². The number of hydrogen-bond donors (Lipinski definition) is 1. The Balaban J connectivity index is 2.09. The fourth-order valence-corrected chi connectivity index (χ4v) is 2.59. The van der Waals surface area contributed by atoms with Crippen molar-refractivity contribution in [1.29, 1.82) is 0 Å². The van der Waals surface area contributed by atoms with E-state index in [0.29, 0.717) is 23.7 Å². The predicted octanol–water partition coefficient (Wildman–Crippen LogP) is 0.685. The summed E-state index contributed by atoms with van der Waals surface area (Å²) in [5.74, 6) is 0.412. The Morgan fingerprint density at radius 1 is 1.28 bits per heavy atom. The van der Waals surface area contributed by atoms with Crippen molar-refractivity contribution in [2.45, 2.75) is 19.9 Å². The van der Waals surface area contributed by atoms with Gasteiger partial charge in [-0.05, 0) is 12.5 Å². The van der Waals surface area contributed by atoms with Crippen molar-refractivity contribution in [2.24, 2.45) is 19.2 Å². The molecule has 0 saturated carbocycles. The van der Waals surface area contributed by atoms with Crippen molar-refractivity contribution < 1.29 is 0 Å². The van der Waals surface area contributed by atoms with E-state index in [1.807, 2.05) is 19.1 Å². The average molecular weight is 341 g/mol. The molecular weight excluding hydrogens is 322 g/mol. The molecule has 0 atom stereocenters. The normalized spacial score (nSPS) is 11.5. The van der Waals surface area contributed by atoms with Gasteiger partial charge >= 0.3 is 5.69 Å². The zero-order valence-corrected chi connectivity index (χ0v) is 14.3. The Morgan fingerprint density at radius 3 is 2.76 bits per heavy atom. The quantitative estimate of drug-likeness (QED) is 0.543. The number of hydrazone groups is 1. The lowest BCUT2D eigenvalue weighted by atomic mass is 10.3. The molecule has 3 aromatic heterocycles. The summed E-state index contributed by atoms with van der Waals surface area (Å²) in [5, 5.41) is 4.16. The summed E-state index contributed by atoms with van der Waals surface area (Å²) in [6.45, 7) is 2.58. The Kier molecular flexibility index (Phi) is 4.46. The molecule has 0 aromatic carbocycles. The zero-order chi connectivity index (χ0) is 18.0. The number of aryl methyl sites for hydroxylation is 2. The van der Waals surface area contributed by atoms with Crippen molar-refractivity contribution in [3.63, 3.8) is 0 Å². The molecule has 0 amide bonds. The van der Waals surface area contributed by atoms with Crippen LogP contribution in [0.25, 0.3) is 11.2 Å². The molecule has 0 radical (unpaired) electrons. The minimum Gasteiger partial charge on any atom is -0.303 e. The maximum atomic E-state index is 12.5. The molecule has 0 fully saturated rings. The number of pyridine rings is 1. The predicted molar refractivity (Wildman–Crippen MR) is 96.0 cm³/mol. The van der Waals surface area contributed by atoms with Crippen molar-refractivity contribution in [3.05, 3.63) is 50.9 Å². The number of nitrogens with one attached hydrogen (secondary N) is 1. The lowest BCUT2D eigenvalue weighted by Gasteiger charge is -2.07. The highest BCUT2D eigenvalue weighted by Gasteiger charge is 2.18. The van der Waals surface area contributed by atoms with Crippen LogP contribution in [0, 0.1) is 0 Å². The number of imidazole rings is 1. The first-order valence-electron chi connectivity index (χ1n) is 7.90. The van der Waals surface area contributed by atoms with Gasteiger partial charge < -0.3 is 4.57 Å². The molecule has 1 N–H and O–H groups in total. The van der Waals surface area contributed by atoms with Crippen LogP contribution in [0.15, 0.2) is 39.2 Å². The summed E-state index contributed by atoms with van der Waals surface area (Å²) in [6.07, 6.45) is 5.78. The Bertz CT molecular complexity index is 1040. The number of rotatable bonds is 5. The summed E-state index contributed by atoms with van der Waals surface area (Å²) >= 11 is 0. The van der Waals surface area contributed by atoms with Gasteiger partial charge in [-0.1, -0.05) is 13.0 Å². The Hall–Kier alpha value is -3.23. The van der Waals surface area contributed by atoms with Crippen LogP contribution in [0.4, 0.5) is 5.95 Å². The SMILES string of the molecule is CCCn1c(NN=Cc2cccnc2)nc2c1c(=O)n(C)c(=O)n2C. The number of fused-ring (bicyclic) bond motifs is 1. The first-order valence-corrected chi connectivity index (χ1v) is 7.90. The van der Waals surface area contributed by atoms with Gasteiger partial charge in [0.2, 0.25) is 5.95 Å². The van der Waals surface area contributed by atoms with Gasteiger partial charge in [0.05, 0.1) is 6.21 Å². The third-order valence-electron chi connectivity index (χ3n) is 3.86. The van der Waals surface area contributed by atoms with E-state index in [2.05, 4.69) is 20.5 Å². The smallest absolute Gasteiger partial charge is 0.303 e. The van der Waals surface area contributed by atoms with Crippen LogP contribution in [-0.2, 0) is 20.6 Å². The van der Waals surface area contributed by atoms with Crippen LogP contribution in [0.3, 0.4) is 0 Å². The van der Waals surface area contributed by atoms with Gasteiger partial charge in [0, 0.05) is 38.6 Å². The highest BCUT2D eigenvalue weighted by atomic mass is 16.2. The molecule has 9 heteroatoms. The number of aromatic nitrogens is 5. The molecule has 9 nitrogen and oxygen atoms in total. The summed E-state index contributed by atoms with van der Waals surface area (Å²) < 4.78 is 4.19. The lowest BCUT2D eigenvalue weighted by molar-refractivity contribution is 0.679.